The summed E-state index contributed by atoms with van der Waals surface area (Å²) in [5.74, 6) is 0.741. The number of fused-ring (bicyclic) bond motifs is 1. The van der Waals surface area contributed by atoms with Gasteiger partial charge in [0.05, 0.1) is 11.7 Å². The lowest BCUT2D eigenvalue weighted by molar-refractivity contribution is -0.117. The van der Waals surface area contributed by atoms with E-state index in [4.69, 9.17) is 0 Å². The molecule has 116 valence electrons. The summed E-state index contributed by atoms with van der Waals surface area (Å²) in [5, 5.41) is 16.1. The van der Waals surface area contributed by atoms with E-state index < -0.39 is 0 Å². The SMILES string of the molecule is Cc1ccc(O)c(NC(=O)C2CC3CCCCC3N2)c1.Cl. The van der Waals surface area contributed by atoms with E-state index in [9.17, 15) is 9.90 Å². The van der Waals surface area contributed by atoms with Crippen LogP contribution in [0.1, 0.15) is 37.7 Å². The minimum absolute atomic E-state index is 0. The number of benzene rings is 1. The Hall–Kier alpha value is -1.26. The van der Waals surface area contributed by atoms with E-state index in [1.54, 1.807) is 12.1 Å². The molecule has 4 nitrogen and oxygen atoms in total. The molecule has 2 aliphatic rings. The van der Waals surface area contributed by atoms with Gasteiger partial charge < -0.3 is 15.7 Å². The van der Waals surface area contributed by atoms with Gasteiger partial charge in [-0.2, -0.15) is 0 Å². The fraction of sp³-hybridized carbons (Fsp3) is 0.562. The molecule has 0 radical (unpaired) electrons. The molecule has 3 rings (SSSR count). The molecule has 0 bridgehead atoms. The fourth-order valence-corrected chi connectivity index (χ4v) is 3.49. The van der Waals surface area contributed by atoms with Crippen molar-refractivity contribution >= 4 is 24.0 Å². The van der Waals surface area contributed by atoms with Crippen LogP contribution in [0.4, 0.5) is 5.69 Å². The average Bonchev–Trinajstić information content (AvgIpc) is 2.87. The van der Waals surface area contributed by atoms with Crippen LogP contribution in [0.5, 0.6) is 5.75 Å². The Bertz CT molecular complexity index is 507. The Labute approximate surface area is 131 Å². The Kier molecular flexibility index (Phi) is 5.12. The highest BCUT2D eigenvalue weighted by atomic mass is 35.5. The second-order valence-corrected chi connectivity index (χ2v) is 6.12. The van der Waals surface area contributed by atoms with Crippen molar-refractivity contribution in [2.24, 2.45) is 5.92 Å². The van der Waals surface area contributed by atoms with E-state index in [-0.39, 0.29) is 30.1 Å². The molecular weight excluding hydrogens is 288 g/mol. The number of rotatable bonds is 2. The van der Waals surface area contributed by atoms with E-state index in [0.717, 1.165) is 12.0 Å². The Balaban J connectivity index is 0.00000161. The molecule has 0 spiro atoms. The van der Waals surface area contributed by atoms with Gasteiger partial charge in [-0.05, 0) is 49.8 Å². The van der Waals surface area contributed by atoms with E-state index in [1.165, 1.54) is 25.7 Å². The number of carbonyl (C=O) groups excluding carboxylic acids is 1. The van der Waals surface area contributed by atoms with Crippen molar-refractivity contribution in [3.05, 3.63) is 23.8 Å². The highest BCUT2D eigenvalue weighted by molar-refractivity contribution is 5.96. The maximum absolute atomic E-state index is 12.3. The number of amides is 1. The van der Waals surface area contributed by atoms with Crippen LogP contribution >= 0.6 is 12.4 Å². The minimum atomic E-state index is -0.122. The number of phenolic OH excluding ortho intramolecular Hbond substituents is 1. The summed E-state index contributed by atoms with van der Waals surface area (Å²) in [5.41, 5.74) is 1.53. The monoisotopic (exact) mass is 310 g/mol. The van der Waals surface area contributed by atoms with Crippen LogP contribution in [-0.2, 0) is 4.79 Å². The third-order valence-corrected chi connectivity index (χ3v) is 4.59. The highest BCUT2D eigenvalue weighted by Gasteiger charge is 2.38. The van der Waals surface area contributed by atoms with E-state index >= 15 is 0 Å². The van der Waals surface area contributed by atoms with Gasteiger partial charge in [0.2, 0.25) is 5.91 Å². The number of aryl methyl sites for hydroxylation is 1. The normalized spacial score (nSPS) is 27.6. The third-order valence-electron chi connectivity index (χ3n) is 4.59. The van der Waals surface area contributed by atoms with Gasteiger partial charge in [-0.1, -0.05) is 18.9 Å². The standard InChI is InChI=1S/C16H22N2O2.ClH/c1-10-6-7-15(19)13(8-10)18-16(20)14-9-11-4-2-3-5-12(11)17-14;/h6-8,11-12,14,17,19H,2-5,9H2,1H3,(H,18,20);1H. The number of hydrogen-bond acceptors (Lipinski definition) is 3. The number of carbonyl (C=O) groups is 1. The maximum atomic E-state index is 12.3. The summed E-state index contributed by atoms with van der Waals surface area (Å²) in [4.78, 5) is 12.3. The Morgan fingerprint density at radius 1 is 1.33 bits per heavy atom. The molecule has 0 aromatic heterocycles. The number of aromatic hydroxyl groups is 1. The lowest BCUT2D eigenvalue weighted by Gasteiger charge is -2.24. The molecule has 3 unspecified atom stereocenters. The van der Waals surface area contributed by atoms with Crippen LogP contribution in [0.3, 0.4) is 0 Å². The zero-order valence-corrected chi connectivity index (χ0v) is 13.1. The van der Waals surface area contributed by atoms with Crippen molar-refractivity contribution in [1.82, 2.24) is 5.32 Å². The fourth-order valence-electron chi connectivity index (χ4n) is 3.49. The lowest BCUT2D eigenvalue weighted by atomic mass is 9.85. The number of hydrogen-bond donors (Lipinski definition) is 3. The summed E-state index contributed by atoms with van der Waals surface area (Å²) < 4.78 is 0. The predicted molar refractivity (Wildman–Crippen MR) is 86.0 cm³/mol. The van der Waals surface area contributed by atoms with Gasteiger partial charge in [-0.3, -0.25) is 4.79 Å². The van der Waals surface area contributed by atoms with Gasteiger partial charge in [0.25, 0.3) is 0 Å². The summed E-state index contributed by atoms with van der Waals surface area (Å²) >= 11 is 0. The minimum Gasteiger partial charge on any atom is -0.506 e. The molecule has 1 saturated heterocycles. The zero-order valence-electron chi connectivity index (χ0n) is 12.3. The zero-order chi connectivity index (χ0) is 14.1. The predicted octanol–water partition coefficient (Wildman–Crippen LogP) is 2.98. The number of halogens is 1. The van der Waals surface area contributed by atoms with Crippen LogP contribution in [0.15, 0.2) is 18.2 Å². The molecular formula is C16H23ClN2O2. The molecule has 1 aliphatic carbocycles. The second kappa shape index (κ2) is 6.67. The Morgan fingerprint density at radius 3 is 2.86 bits per heavy atom. The number of phenols is 1. The summed E-state index contributed by atoms with van der Waals surface area (Å²) in [6, 6.07) is 5.63. The van der Waals surface area contributed by atoms with Crippen LogP contribution in [0.2, 0.25) is 0 Å². The first-order chi connectivity index (χ1) is 9.63. The van der Waals surface area contributed by atoms with Crippen molar-refractivity contribution in [3.8, 4) is 5.75 Å². The quantitative estimate of drug-likeness (QED) is 0.736. The molecule has 1 aliphatic heterocycles. The van der Waals surface area contributed by atoms with Gasteiger partial charge in [0.1, 0.15) is 5.75 Å². The largest absolute Gasteiger partial charge is 0.506 e. The van der Waals surface area contributed by atoms with E-state index in [2.05, 4.69) is 10.6 Å². The van der Waals surface area contributed by atoms with Gasteiger partial charge in [-0.25, -0.2) is 0 Å². The molecule has 1 heterocycles. The summed E-state index contributed by atoms with van der Waals surface area (Å²) in [7, 11) is 0. The molecule has 1 amide bonds. The molecule has 3 atom stereocenters. The van der Waals surface area contributed by atoms with Gasteiger partial charge in [0.15, 0.2) is 0 Å². The summed E-state index contributed by atoms with van der Waals surface area (Å²) in [6.45, 7) is 1.94. The van der Waals surface area contributed by atoms with Gasteiger partial charge >= 0.3 is 0 Å². The molecule has 21 heavy (non-hydrogen) atoms. The first-order valence-electron chi connectivity index (χ1n) is 7.50. The van der Waals surface area contributed by atoms with Gasteiger partial charge in [0, 0.05) is 6.04 Å². The van der Waals surface area contributed by atoms with Crippen molar-refractivity contribution in [1.29, 1.82) is 0 Å². The first-order valence-corrected chi connectivity index (χ1v) is 7.50. The van der Waals surface area contributed by atoms with Gasteiger partial charge in [-0.15, -0.1) is 12.4 Å². The van der Waals surface area contributed by atoms with Crippen molar-refractivity contribution in [2.45, 2.75) is 51.1 Å². The molecule has 1 aromatic carbocycles. The topological polar surface area (TPSA) is 61.4 Å². The second-order valence-electron chi connectivity index (χ2n) is 6.12. The van der Waals surface area contributed by atoms with Crippen LogP contribution in [0, 0.1) is 12.8 Å². The van der Waals surface area contributed by atoms with Crippen LogP contribution in [0.25, 0.3) is 0 Å². The average molecular weight is 311 g/mol. The van der Waals surface area contributed by atoms with Crippen LogP contribution < -0.4 is 10.6 Å². The maximum Gasteiger partial charge on any atom is 0.241 e. The molecule has 1 aromatic rings. The molecule has 1 saturated carbocycles. The number of nitrogens with one attached hydrogen (secondary N) is 2. The Morgan fingerprint density at radius 2 is 2.10 bits per heavy atom. The smallest absolute Gasteiger partial charge is 0.241 e. The lowest BCUT2D eigenvalue weighted by Crippen LogP contribution is -2.39. The van der Waals surface area contributed by atoms with Crippen molar-refractivity contribution in [3.63, 3.8) is 0 Å². The van der Waals surface area contributed by atoms with Crippen molar-refractivity contribution in [2.75, 3.05) is 5.32 Å². The van der Waals surface area contributed by atoms with E-state index in [1.807, 2.05) is 13.0 Å². The van der Waals surface area contributed by atoms with Crippen molar-refractivity contribution < 1.29 is 9.90 Å². The third kappa shape index (κ3) is 3.50. The molecule has 5 heteroatoms. The van der Waals surface area contributed by atoms with Crippen LogP contribution in [-0.4, -0.2) is 23.1 Å². The number of anilines is 1. The van der Waals surface area contributed by atoms with E-state index in [0.29, 0.717) is 17.6 Å². The first kappa shape index (κ1) is 16.1. The summed E-state index contributed by atoms with van der Waals surface area (Å²) in [6.07, 6.45) is 5.89. The highest BCUT2D eigenvalue weighted by Crippen LogP contribution is 2.34. The molecule has 3 N–H and O–H groups in total. The molecule has 2 fully saturated rings.